The summed E-state index contributed by atoms with van der Waals surface area (Å²) >= 11 is 1.73. The zero-order valence-corrected chi connectivity index (χ0v) is 9.73. The first-order valence-electron chi connectivity index (χ1n) is 4.93. The maximum absolute atomic E-state index is 5.60. The second-order valence-corrected chi connectivity index (χ2v) is 4.76. The van der Waals surface area contributed by atoms with Gasteiger partial charge in [0.15, 0.2) is 11.7 Å². The summed E-state index contributed by atoms with van der Waals surface area (Å²) in [4.78, 5) is 6.64. The highest BCUT2D eigenvalue weighted by atomic mass is 32.1. The molecule has 2 aromatic heterocycles. The van der Waals surface area contributed by atoms with Crippen molar-refractivity contribution < 1.29 is 4.42 Å². The minimum atomic E-state index is 0.572. The van der Waals surface area contributed by atoms with Gasteiger partial charge in [-0.25, -0.2) is 4.98 Å². The highest BCUT2D eigenvalue weighted by Gasteiger charge is 2.09. The van der Waals surface area contributed by atoms with Crippen LogP contribution in [0.3, 0.4) is 0 Å². The van der Waals surface area contributed by atoms with Crippen molar-refractivity contribution in [1.29, 1.82) is 0 Å². The normalized spacial score (nSPS) is 10.9. The maximum atomic E-state index is 5.60. The van der Waals surface area contributed by atoms with E-state index in [1.54, 1.807) is 17.5 Å². The van der Waals surface area contributed by atoms with Gasteiger partial charge in [0.2, 0.25) is 0 Å². The fourth-order valence-corrected chi connectivity index (χ4v) is 2.34. The van der Waals surface area contributed by atoms with E-state index in [4.69, 9.17) is 10.2 Å². The fourth-order valence-electron chi connectivity index (χ4n) is 1.36. The van der Waals surface area contributed by atoms with Crippen LogP contribution in [0.25, 0.3) is 10.6 Å². The van der Waals surface area contributed by atoms with Crippen molar-refractivity contribution in [1.82, 2.24) is 4.98 Å². The van der Waals surface area contributed by atoms with Crippen LogP contribution in [0.5, 0.6) is 0 Å². The molecule has 2 heterocycles. The van der Waals surface area contributed by atoms with E-state index in [0.717, 1.165) is 16.5 Å². The standard InChI is InChI=1S/C11H14N2OS/c1-7-5-10(15-8(7)2)9-6-13-11(14-9)3-4-12/h5-6H,3-4,12H2,1-2H3. The van der Waals surface area contributed by atoms with Crippen LogP contribution >= 0.6 is 11.3 Å². The highest BCUT2D eigenvalue weighted by Crippen LogP contribution is 2.30. The molecule has 0 bridgehead atoms. The monoisotopic (exact) mass is 222 g/mol. The lowest BCUT2D eigenvalue weighted by Gasteiger charge is -1.89. The molecule has 0 unspecified atom stereocenters. The number of nitrogens with zero attached hydrogens (tertiary/aromatic N) is 1. The second-order valence-electron chi connectivity index (χ2n) is 3.51. The van der Waals surface area contributed by atoms with Crippen molar-refractivity contribution in [2.75, 3.05) is 6.54 Å². The molecule has 0 atom stereocenters. The van der Waals surface area contributed by atoms with Gasteiger partial charge in [0.25, 0.3) is 0 Å². The number of oxazole rings is 1. The molecule has 4 heteroatoms. The number of aryl methyl sites for hydroxylation is 2. The Hall–Kier alpha value is -1.13. The van der Waals surface area contributed by atoms with Crippen molar-refractivity contribution in [3.8, 4) is 10.6 Å². The molecule has 0 saturated carbocycles. The summed E-state index contributed by atoms with van der Waals surface area (Å²) in [5, 5.41) is 0. The van der Waals surface area contributed by atoms with Crippen LogP contribution in [0.1, 0.15) is 16.3 Å². The topological polar surface area (TPSA) is 52.0 Å². The van der Waals surface area contributed by atoms with Gasteiger partial charge in [-0.05, 0) is 25.5 Å². The molecule has 0 amide bonds. The minimum Gasteiger partial charge on any atom is -0.440 e. The Morgan fingerprint density at radius 3 is 2.87 bits per heavy atom. The number of hydrogen-bond acceptors (Lipinski definition) is 4. The maximum Gasteiger partial charge on any atom is 0.196 e. The molecule has 3 nitrogen and oxygen atoms in total. The molecular weight excluding hydrogens is 208 g/mol. The van der Waals surface area contributed by atoms with E-state index in [9.17, 15) is 0 Å². The predicted molar refractivity (Wildman–Crippen MR) is 62.0 cm³/mol. The summed E-state index contributed by atoms with van der Waals surface area (Å²) in [7, 11) is 0. The van der Waals surface area contributed by atoms with Gasteiger partial charge < -0.3 is 10.2 Å². The van der Waals surface area contributed by atoms with Gasteiger partial charge >= 0.3 is 0 Å². The number of aromatic nitrogens is 1. The van der Waals surface area contributed by atoms with Gasteiger partial charge in [-0.1, -0.05) is 0 Å². The Kier molecular flexibility index (Phi) is 2.88. The van der Waals surface area contributed by atoms with Gasteiger partial charge in [-0.2, -0.15) is 0 Å². The van der Waals surface area contributed by atoms with E-state index in [2.05, 4.69) is 24.9 Å². The number of hydrogen-bond donors (Lipinski definition) is 1. The molecule has 2 rings (SSSR count). The average Bonchev–Trinajstić information content (AvgIpc) is 2.76. The summed E-state index contributed by atoms with van der Waals surface area (Å²) in [6.07, 6.45) is 2.47. The van der Waals surface area contributed by atoms with E-state index < -0.39 is 0 Å². The molecule has 0 aromatic carbocycles. The van der Waals surface area contributed by atoms with Crippen molar-refractivity contribution >= 4 is 11.3 Å². The second kappa shape index (κ2) is 4.16. The SMILES string of the molecule is Cc1cc(-c2cnc(CCN)o2)sc1C. The van der Waals surface area contributed by atoms with Gasteiger partial charge in [0, 0.05) is 17.8 Å². The third-order valence-corrected chi connectivity index (χ3v) is 3.49. The van der Waals surface area contributed by atoms with Crippen LogP contribution in [0, 0.1) is 13.8 Å². The molecule has 15 heavy (non-hydrogen) atoms. The first-order chi connectivity index (χ1) is 7.20. The van der Waals surface area contributed by atoms with Gasteiger partial charge in [0.05, 0.1) is 11.1 Å². The molecular formula is C11H14N2OS. The molecule has 0 radical (unpaired) electrons. The van der Waals surface area contributed by atoms with Crippen molar-refractivity contribution in [2.45, 2.75) is 20.3 Å². The molecule has 0 fully saturated rings. The van der Waals surface area contributed by atoms with E-state index >= 15 is 0 Å². The van der Waals surface area contributed by atoms with Crippen LogP contribution in [0.4, 0.5) is 0 Å². The predicted octanol–water partition coefficient (Wildman–Crippen LogP) is 2.52. The third kappa shape index (κ3) is 2.11. The molecule has 0 spiro atoms. The van der Waals surface area contributed by atoms with Gasteiger partial charge in [-0.15, -0.1) is 11.3 Å². The Labute approximate surface area is 92.9 Å². The number of rotatable bonds is 3. The summed E-state index contributed by atoms with van der Waals surface area (Å²) in [6, 6.07) is 2.13. The molecule has 0 aliphatic heterocycles. The first-order valence-corrected chi connectivity index (χ1v) is 5.74. The lowest BCUT2D eigenvalue weighted by atomic mass is 10.3. The largest absolute Gasteiger partial charge is 0.440 e. The van der Waals surface area contributed by atoms with Crippen LogP contribution in [-0.2, 0) is 6.42 Å². The van der Waals surface area contributed by atoms with Crippen molar-refractivity contribution in [3.63, 3.8) is 0 Å². The number of thiophene rings is 1. The summed E-state index contributed by atoms with van der Waals surface area (Å²) in [6.45, 7) is 4.79. The Bertz CT molecular complexity index is 439. The van der Waals surface area contributed by atoms with E-state index in [1.165, 1.54) is 10.4 Å². The molecule has 0 saturated heterocycles. The van der Waals surface area contributed by atoms with Crippen LogP contribution in [0.15, 0.2) is 16.7 Å². The molecule has 2 aromatic rings. The smallest absolute Gasteiger partial charge is 0.196 e. The summed E-state index contributed by atoms with van der Waals surface area (Å²) < 4.78 is 5.60. The van der Waals surface area contributed by atoms with Crippen molar-refractivity contribution in [2.24, 2.45) is 5.73 Å². The van der Waals surface area contributed by atoms with Crippen molar-refractivity contribution in [3.05, 3.63) is 28.6 Å². The zero-order chi connectivity index (χ0) is 10.8. The minimum absolute atomic E-state index is 0.572. The molecule has 0 aliphatic rings. The van der Waals surface area contributed by atoms with Gasteiger partial charge in [-0.3, -0.25) is 0 Å². The average molecular weight is 222 g/mol. The molecule has 0 aliphatic carbocycles. The summed E-state index contributed by atoms with van der Waals surface area (Å²) in [5.74, 6) is 1.57. The third-order valence-electron chi connectivity index (χ3n) is 2.32. The Morgan fingerprint density at radius 1 is 1.47 bits per heavy atom. The lowest BCUT2D eigenvalue weighted by Crippen LogP contribution is -2.02. The fraction of sp³-hybridized carbons (Fsp3) is 0.364. The van der Waals surface area contributed by atoms with Gasteiger partial charge in [0.1, 0.15) is 0 Å². The quantitative estimate of drug-likeness (QED) is 0.868. The lowest BCUT2D eigenvalue weighted by molar-refractivity contribution is 0.509. The van der Waals surface area contributed by atoms with Crippen LogP contribution in [-0.4, -0.2) is 11.5 Å². The summed E-state index contributed by atoms with van der Waals surface area (Å²) in [5.41, 5.74) is 6.74. The van der Waals surface area contributed by atoms with E-state index in [1.807, 2.05) is 0 Å². The van der Waals surface area contributed by atoms with E-state index in [-0.39, 0.29) is 0 Å². The highest BCUT2D eigenvalue weighted by molar-refractivity contribution is 7.15. The molecule has 2 N–H and O–H groups in total. The first kappa shape index (κ1) is 10.4. The number of nitrogens with two attached hydrogens (primary N) is 1. The van der Waals surface area contributed by atoms with E-state index in [0.29, 0.717) is 13.0 Å². The van der Waals surface area contributed by atoms with Crippen LogP contribution in [0.2, 0.25) is 0 Å². The zero-order valence-electron chi connectivity index (χ0n) is 8.91. The molecule has 80 valence electrons. The Balaban J connectivity index is 2.28. The van der Waals surface area contributed by atoms with Crippen LogP contribution < -0.4 is 5.73 Å². The Morgan fingerprint density at radius 2 is 2.27 bits per heavy atom.